The van der Waals surface area contributed by atoms with Gasteiger partial charge in [0, 0.05) is 32.1 Å². The Bertz CT molecular complexity index is 317. The van der Waals surface area contributed by atoms with Crippen LogP contribution >= 0.6 is 0 Å². The summed E-state index contributed by atoms with van der Waals surface area (Å²) in [5.41, 5.74) is -0.438. The average Bonchev–Trinajstić information content (AvgIpc) is 2.40. The third-order valence-electron chi connectivity index (χ3n) is 4.99. The lowest BCUT2D eigenvalue weighted by Gasteiger charge is -2.47. The van der Waals surface area contributed by atoms with Crippen molar-refractivity contribution < 1.29 is 9.90 Å². The van der Waals surface area contributed by atoms with E-state index in [-0.39, 0.29) is 5.91 Å². The van der Waals surface area contributed by atoms with Crippen LogP contribution in [0.1, 0.15) is 46.0 Å². The summed E-state index contributed by atoms with van der Waals surface area (Å²) in [5.74, 6) is 0.603. The maximum absolute atomic E-state index is 12.1. The monoisotopic (exact) mass is 268 g/mol. The number of likely N-dealkylation sites (tertiary alicyclic amines) is 1. The number of hydrogen-bond donors (Lipinski definition) is 1. The van der Waals surface area contributed by atoms with E-state index >= 15 is 0 Å². The zero-order chi connectivity index (χ0) is 13.9. The van der Waals surface area contributed by atoms with Gasteiger partial charge in [0.15, 0.2) is 0 Å². The van der Waals surface area contributed by atoms with Crippen LogP contribution in [0.3, 0.4) is 0 Å². The first-order chi connectivity index (χ1) is 9.09. The van der Waals surface area contributed by atoms with E-state index in [4.69, 9.17) is 0 Å². The van der Waals surface area contributed by atoms with Gasteiger partial charge in [0.2, 0.25) is 5.91 Å². The van der Waals surface area contributed by atoms with Crippen molar-refractivity contribution in [1.29, 1.82) is 0 Å². The molecule has 1 heterocycles. The summed E-state index contributed by atoms with van der Waals surface area (Å²) >= 11 is 0. The molecule has 2 unspecified atom stereocenters. The summed E-state index contributed by atoms with van der Waals surface area (Å²) in [5, 5.41) is 10.6. The Kier molecular flexibility index (Phi) is 4.85. The van der Waals surface area contributed by atoms with E-state index < -0.39 is 5.60 Å². The predicted octanol–water partition coefficient (Wildman–Crippen LogP) is 1.48. The highest BCUT2D eigenvalue weighted by Gasteiger charge is 2.42. The molecule has 1 aliphatic carbocycles. The Morgan fingerprint density at radius 3 is 2.74 bits per heavy atom. The zero-order valence-electron chi connectivity index (χ0n) is 12.4. The van der Waals surface area contributed by atoms with Crippen molar-refractivity contribution in [3.8, 4) is 0 Å². The van der Waals surface area contributed by atoms with Gasteiger partial charge in [0.25, 0.3) is 0 Å². The Morgan fingerprint density at radius 1 is 1.32 bits per heavy atom. The fraction of sp³-hybridized carbons (Fsp3) is 0.933. The molecule has 19 heavy (non-hydrogen) atoms. The molecule has 1 aliphatic heterocycles. The summed E-state index contributed by atoms with van der Waals surface area (Å²) in [6.45, 7) is 7.90. The largest absolute Gasteiger partial charge is 0.390 e. The molecule has 0 spiro atoms. The van der Waals surface area contributed by atoms with Crippen LogP contribution in [-0.2, 0) is 4.79 Å². The maximum atomic E-state index is 12.1. The lowest BCUT2D eigenvalue weighted by atomic mass is 9.71. The van der Waals surface area contributed by atoms with E-state index in [1.165, 1.54) is 6.42 Å². The van der Waals surface area contributed by atoms with Crippen LogP contribution in [0.5, 0.6) is 0 Å². The second kappa shape index (κ2) is 6.23. The number of aliphatic hydroxyl groups is 1. The Labute approximate surface area is 116 Å². The van der Waals surface area contributed by atoms with Crippen molar-refractivity contribution >= 4 is 5.91 Å². The Balaban J connectivity index is 1.88. The molecule has 2 aliphatic rings. The summed E-state index contributed by atoms with van der Waals surface area (Å²) in [6.07, 6.45) is 5.29. The van der Waals surface area contributed by atoms with Gasteiger partial charge in [-0.25, -0.2) is 0 Å². The molecule has 2 fully saturated rings. The van der Waals surface area contributed by atoms with E-state index in [0.717, 1.165) is 51.9 Å². The van der Waals surface area contributed by atoms with Gasteiger partial charge in [0.05, 0.1) is 12.1 Å². The van der Waals surface area contributed by atoms with Gasteiger partial charge in [-0.3, -0.25) is 9.69 Å². The molecule has 4 heteroatoms. The fourth-order valence-electron chi connectivity index (χ4n) is 3.65. The van der Waals surface area contributed by atoms with Crippen LogP contribution in [0.25, 0.3) is 0 Å². The predicted molar refractivity (Wildman–Crippen MR) is 75.9 cm³/mol. The molecule has 1 N–H and O–H groups in total. The number of nitrogens with zero attached hydrogens (tertiary/aromatic N) is 2. The van der Waals surface area contributed by atoms with Gasteiger partial charge in [-0.05, 0) is 33.1 Å². The lowest BCUT2D eigenvalue weighted by Crippen LogP contribution is -2.55. The van der Waals surface area contributed by atoms with E-state index in [0.29, 0.717) is 12.5 Å². The van der Waals surface area contributed by atoms with Crippen molar-refractivity contribution in [3.63, 3.8) is 0 Å². The molecule has 1 saturated carbocycles. The van der Waals surface area contributed by atoms with Gasteiger partial charge in [0.1, 0.15) is 0 Å². The smallest absolute Gasteiger partial charge is 0.236 e. The van der Waals surface area contributed by atoms with Gasteiger partial charge in [-0.2, -0.15) is 0 Å². The first-order valence-electron chi connectivity index (χ1n) is 7.81. The lowest BCUT2D eigenvalue weighted by molar-refractivity contribution is -0.136. The quantitative estimate of drug-likeness (QED) is 0.840. The molecule has 4 nitrogen and oxygen atoms in total. The minimum absolute atomic E-state index is 0.228. The van der Waals surface area contributed by atoms with Crippen molar-refractivity contribution in [2.24, 2.45) is 5.92 Å². The van der Waals surface area contributed by atoms with E-state index in [1.54, 1.807) is 0 Å². The van der Waals surface area contributed by atoms with Crippen molar-refractivity contribution in [2.75, 3.05) is 32.7 Å². The average molecular weight is 268 g/mol. The summed E-state index contributed by atoms with van der Waals surface area (Å²) < 4.78 is 0. The van der Waals surface area contributed by atoms with Crippen LogP contribution in [-0.4, -0.2) is 59.1 Å². The normalized spacial score (nSPS) is 31.8. The molecular formula is C15H28N2O2. The second-order valence-corrected chi connectivity index (χ2v) is 6.10. The van der Waals surface area contributed by atoms with Crippen molar-refractivity contribution in [2.45, 2.75) is 51.6 Å². The molecule has 2 rings (SSSR count). The highest BCUT2D eigenvalue weighted by molar-refractivity contribution is 5.78. The minimum Gasteiger partial charge on any atom is -0.390 e. The number of hydrogen-bond acceptors (Lipinski definition) is 3. The number of likely N-dealkylation sites (N-methyl/N-ethyl adjacent to an activating group) is 1. The number of fused-ring (bicyclic) bond motifs is 1. The number of piperidine rings is 1. The van der Waals surface area contributed by atoms with Crippen LogP contribution in [0.15, 0.2) is 0 Å². The minimum atomic E-state index is -0.438. The van der Waals surface area contributed by atoms with Crippen LogP contribution in [0.4, 0.5) is 0 Å². The third-order valence-corrected chi connectivity index (χ3v) is 4.99. The highest BCUT2D eigenvalue weighted by atomic mass is 16.3. The maximum Gasteiger partial charge on any atom is 0.236 e. The Morgan fingerprint density at radius 2 is 2.05 bits per heavy atom. The van der Waals surface area contributed by atoms with Crippen molar-refractivity contribution in [3.05, 3.63) is 0 Å². The number of rotatable bonds is 4. The number of amides is 1. The van der Waals surface area contributed by atoms with Gasteiger partial charge in [-0.15, -0.1) is 0 Å². The van der Waals surface area contributed by atoms with Crippen LogP contribution in [0.2, 0.25) is 0 Å². The second-order valence-electron chi connectivity index (χ2n) is 6.10. The molecule has 2 atom stereocenters. The molecule has 110 valence electrons. The molecular weight excluding hydrogens is 240 g/mol. The molecule has 0 radical (unpaired) electrons. The Hall–Kier alpha value is -0.610. The topological polar surface area (TPSA) is 43.8 Å². The molecule has 1 saturated heterocycles. The van der Waals surface area contributed by atoms with Crippen LogP contribution in [0, 0.1) is 5.92 Å². The fourth-order valence-corrected chi connectivity index (χ4v) is 3.65. The molecule has 1 amide bonds. The highest BCUT2D eigenvalue weighted by Crippen LogP contribution is 2.39. The number of carbonyl (C=O) groups is 1. The zero-order valence-corrected chi connectivity index (χ0v) is 12.4. The standard InChI is InChI=1S/C15H28N2O2/c1-3-17(4-2)14(18)12-16-10-9-15(19)8-6-5-7-13(15)11-16/h13,19H,3-12H2,1-2H3. The van der Waals surface area contributed by atoms with Gasteiger partial charge in [-0.1, -0.05) is 12.8 Å². The van der Waals surface area contributed by atoms with Crippen molar-refractivity contribution in [1.82, 2.24) is 9.80 Å². The number of carbonyl (C=O) groups excluding carboxylic acids is 1. The first kappa shape index (κ1) is 14.8. The van der Waals surface area contributed by atoms with Gasteiger partial charge >= 0.3 is 0 Å². The summed E-state index contributed by atoms with van der Waals surface area (Å²) in [4.78, 5) is 16.3. The molecule has 0 aromatic rings. The molecule has 0 bridgehead atoms. The summed E-state index contributed by atoms with van der Waals surface area (Å²) in [6, 6.07) is 0. The molecule has 0 aromatic heterocycles. The first-order valence-corrected chi connectivity index (χ1v) is 7.81. The van der Waals surface area contributed by atoms with E-state index in [9.17, 15) is 9.90 Å². The van der Waals surface area contributed by atoms with E-state index in [1.807, 2.05) is 18.7 Å². The van der Waals surface area contributed by atoms with Crippen LogP contribution < -0.4 is 0 Å². The molecule has 0 aromatic carbocycles. The summed E-state index contributed by atoms with van der Waals surface area (Å²) in [7, 11) is 0. The SMILES string of the molecule is CCN(CC)C(=O)CN1CCC2(O)CCCCC2C1. The third kappa shape index (κ3) is 3.29. The van der Waals surface area contributed by atoms with Gasteiger partial charge < -0.3 is 10.0 Å². The van der Waals surface area contributed by atoms with E-state index in [2.05, 4.69) is 4.90 Å².